The van der Waals surface area contributed by atoms with Crippen molar-refractivity contribution in [1.29, 1.82) is 0 Å². The molecule has 112 valence electrons. The van der Waals surface area contributed by atoms with Crippen LogP contribution in [0.4, 0.5) is 5.69 Å². The molecule has 0 atom stereocenters. The molecule has 0 saturated heterocycles. The van der Waals surface area contributed by atoms with Crippen LogP contribution in [-0.2, 0) is 11.3 Å². The van der Waals surface area contributed by atoms with E-state index in [1.165, 1.54) is 6.07 Å². The molecule has 21 heavy (non-hydrogen) atoms. The summed E-state index contributed by atoms with van der Waals surface area (Å²) < 4.78 is 15.4. The molecule has 0 aliphatic rings. The fraction of sp³-hybridized carbons (Fsp3) is 0.286. The molecule has 0 spiro atoms. The van der Waals surface area contributed by atoms with Gasteiger partial charge in [-0.25, -0.2) is 9.78 Å². The molecule has 2 rings (SSSR count). The molecule has 7 nitrogen and oxygen atoms in total. The Balaban J connectivity index is 1.83. The first kappa shape index (κ1) is 14.9. The van der Waals surface area contributed by atoms with E-state index in [1.807, 2.05) is 6.07 Å². The molecule has 0 saturated carbocycles. The maximum atomic E-state index is 10.7. The van der Waals surface area contributed by atoms with Gasteiger partial charge in [0, 0.05) is 13.2 Å². The lowest BCUT2D eigenvalue weighted by atomic mass is 10.4. The molecule has 0 bridgehead atoms. The number of rotatable bonds is 8. The van der Waals surface area contributed by atoms with Gasteiger partial charge in [0.2, 0.25) is 11.6 Å². The summed E-state index contributed by atoms with van der Waals surface area (Å²) in [6.07, 6.45) is 1.63. The zero-order valence-electron chi connectivity index (χ0n) is 11.5. The zero-order valence-corrected chi connectivity index (χ0v) is 11.5. The molecular weight excluding hydrogens is 276 g/mol. The molecule has 0 amide bonds. The Morgan fingerprint density at radius 1 is 1.33 bits per heavy atom. The van der Waals surface area contributed by atoms with Crippen LogP contribution in [0.25, 0.3) is 0 Å². The molecule has 2 aromatic heterocycles. The molecule has 7 heteroatoms. The van der Waals surface area contributed by atoms with Crippen LogP contribution in [0.1, 0.15) is 16.3 Å². The van der Waals surface area contributed by atoms with Crippen molar-refractivity contribution in [3.8, 4) is 5.88 Å². The monoisotopic (exact) mass is 292 g/mol. The molecule has 0 aliphatic heterocycles. The Bertz CT molecular complexity index is 579. The van der Waals surface area contributed by atoms with Gasteiger partial charge < -0.3 is 24.3 Å². The van der Waals surface area contributed by atoms with Crippen molar-refractivity contribution in [2.24, 2.45) is 0 Å². The topological polar surface area (TPSA) is 93.8 Å². The molecule has 2 N–H and O–H groups in total. The lowest BCUT2D eigenvalue weighted by Crippen LogP contribution is -2.05. The average molecular weight is 292 g/mol. The van der Waals surface area contributed by atoms with E-state index in [0.29, 0.717) is 31.4 Å². The van der Waals surface area contributed by atoms with E-state index in [1.54, 1.807) is 25.4 Å². The third kappa shape index (κ3) is 4.50. The van der Waals surface area contributed by atoms with E-state index in [-0.39, 0.29) is 5.76 Å². The first-order valence-electron chi connectivity index (χ1n) is 6.32. The fourth-order valence-corrected chi connectivity index (χ4v) is 1.58. The summed E-state index contributed by atoms with van der Waals surface area (Å²) in [5, 5.41) is 11.8. The van der Waals surface area contributed by atoms with Crippen LogP contribution in [0, 0.1) is 0 Å². The number of furan rings is 1. The number of anilines is 1. The van der Waals surface area contributed by atoms with Crippen molar-refractivity contribution in [3.05, 3.63) is 42.0 Å². The highest BCUT2D eigenvalue weighted by Crippen LogP contribution is 2.14. The molecule has 2 aromatic rings. The molecule has 0 aromatic carbocycles. The predicted molar refractivity (Wildman–Crippen MR) is 74.6 cm³/mol. The summed E-state index contributed by atoms with van der Waals surface area (Å²) in [4.78, 5) is 14.8. The first-order chi connectivity index (χ1) is 10.2. The van der Waals surface area contributed by atoms with Crippen LogP contribution in [0.2, 0.25) is 0 Å². The summed E-state index contributed by atoms with van der Waals surface area (Å²) in [5.74, 6) is -0.108. The van der Waals surface area contributed by atoms with E-state index < -0.39 is 5.97 Å². The van der Waals surface area contributed by atoms with E-state index in [9.17, 15) is 4.79 Å². The summed E-state index contributed by atoms with van der Waals surface area (Å²) in [6.45, 7) is 1.32. The Kier molecular flexibility index (Phi) is 5.16. The quantitative estimate of drug-likeness (QED) is 0.719. The smallest absolute Gasteiger partial charge is 0.371 e. The maximum absolute atomic E-state index is 10.7. The molecule has 0 radical (unpaired) electrons. The van der Waals surface area contributed by atoms with Gasteiger partial charge in [0.1, 0.15) is 12.4 Å². The van der Waals surface area contributed by atoms with Crippen molar-refractivity contribution in [2.45, 2.75) is 6.54 Å². The number of pyridine rings is 1. The molecule has 0 unspecified atom stereocenters. The number of aromatic carboxylic acids is 1. The van der Waals surface area contributed by atoms with Crippen LogP contribution >= 0.6 is 0 Å². The third-order valence-electron chi connectivity index (χ3n) is 2.61. The minimum Gasteiger partial charge on any atom is -0.475 e. The van der Waals surface area contributed by atoms with E-state index in [0.717, 1.165) is 5.69 Å². The average Bonchev–Trinajstić information content (AvgIpc) is 2.96. The molecular formula is C14H16N2O5. The summed E-state index contributed by atoms with van der Waals surface area (Å²) >= 11 is 0. The second-order valence-corrected chi connectivity index (χ2v) is 4.15. The lowest BCUT2D eigenvalue weighted by Gasteiger charge is -2.06. The number of nitrogens with zero attached hydrogens (tertiary/aromatic N) is 1. The van der Waals surface area contributed by atoms with E-state index in [4.69, 9.17) is 19.0 Å². The molecule has 0 aliphatic carbocycles. The lowest BCUT2D eigenvalue weighted by molar-refractivity contribution is 0.0660. The van der Waals surface area contributed by atoms with Crippen LogP contribution in [0.5, 0.6) is 5.88 Å². The van der Waals surface area contributed by atoms with Gasteiger partial charge in [-0.05, 0) is 18.2 Å². The second-order valence-electron chi connectivity index (χ2n) is 4.15. The summed E-state index contributed by atoms with van der Waals surface area (Å²) in [5.41, 5.74) is 0.780. The fourth-order valence-electron chi connectivity index (χ4n) is 1.58. The minimum absolute atomic E-state index is 0.0770. The van der Waals surface area contributed by atoms with Gasteiger partial charge in [-0.1, -0.05) is 0 Å². The number of aromatic nitrogens is 1. The summed E-state index contributed by atoms with van der Waals surface area (Å²) in [6, 6.07) is 6.59. The maximum Gasteiger partial charge on any atom is 0.371 e. The predicted octanol–water partition coefficient (Wildman–Crippen LogP) is 2.01. The standard InChI is InChI=1S/C14H16N2O5/c1-19-6-7-20-13-5-2-10(8-16-13)15-9-11-3-4-12(21-11)14(17)18/h2-5,8,15H,6-7,9H2,1H3,(H,17,18). The molecule has 2 heterocycles. The number of methoxy groups -OCH3 is 1. The minimum atomic E-state index is -1.08. The summed E-state index contributed by atoms with van der Waals surface area (Å²) in [7, 11) is 1.61. The van der Waals surface area contributed by atoms with Crippen LogP contribution in [-0.4, -0.2) is 36.4 Å². The Morgan fingerprint density at radius 3 is 2.81 bits per heavy atom. The number of ether oxygens (including phenoxy) is 2. The Labute approximate surface area is 121 Å². The first-order valence-corrected chi connectivity index (χ1v) is 6.32. The number of carboxylic acids is 1. The number of hydrogen-bond donors (Lipinski definition) is 2. The van der Waals surface area contributed by atoms with Crippen molar-refractivity contribution >= 4 is 11.7 Å². The van der Waals surface area contributed by atoms with Crippen LogP contribution in [0.3, 0.4) is 0 Å². The van der Waals surface area contributed by atoms with Crippen LogP contribution < -0.4 is 10.1 Å². The second kappa shape index (κ2) is 7.30. The van der Waals surface area contributed by atoms with Gasteiger partial charge in [0.25, 0.3) is 0 Å². The number of nitrogens with one attached hydrogen (secondary N) is 1. The third-order valence-corrected chi connectivity index (χ3v) is 2.61. The number of carbonyl (C=O) groups is 1. The van der Waals surface area contributed by atoms with Crippen molar-refractivity contribution in [2.75, 3.05) is 25.6 Å². The highest BCUT2D eigenvalue weighted by atomic mass is 16.5. The normalized spacial score (nSPS) is 10.3. The number of carboxylic acid groups (broad SMARTS) is 1. The number of hydrogen-bond acceptors (Lipinski definition) is 6. The highest BCUT2D eigenvalue weighted by Gasteiger charge is 2.08. The largest absolute Gasteiger partial charge is 0.475 e. The van der Waals surface area contributed by atoms with Gasteiger partial charge in [-0.3, -0.25) is 0 Å². The SMILES string of the molecule is COCCOc1ccc(NCc2ccc(C(=O)O)o2)cn1. The van der Waals surface area contributed by atoms with E-state index in [2.05, 4.69) is 10.3 Å². The van der Waals surface area contributed by atoms with Gasteiger partial charge in [0.05, 0.1) is 25.0 Å². The van der Waals surface area contributed by atoms with Gasteiger partial charge in [-0.2, -0.15) is 0 Å². The van der Waals surface area contributed by atoms with Gasteiger partial charge in [-0.15, -0.1) is 0 Å². The van der Waals surface area contributed by atoms with E-state index >= 15 is 0 Å². The molecule has 0 fully saturated rings. The van der Waals surface area contributed by atoms with Crippen molar-refractivity contribution in [1.82, 2.24) is 4.98 Å². The van der Waals surface area contributed by atoms with Crippen molar-refractivity contribution in [3.63, 3.8) is 0 Å². The zero-order chi connectivity index (χ0) is 15.1. The Morgan fingerprint density at radius 2 is 2.19 bits per heavy atom. The Hall–Kier alpha value is -2.54. The highest BCUT2D eigenvalue weighted by molar-refractivity contribution is 5.84. The van der Waals surface area contributed by atoms with Crippen molar-refractivity contribution < 1.29 is 23.8 Å². The van der Waals surface area contributed by atoms with Gasteiger partial charge >= 0.3 is 5.97 Å². The van der Waals surface area contributed by atoms with Gasteiger partial charge in [0.15, 0.2) is 0 Å². The van der Waals surface area contributed by atoms with Crippen LogP contribution in [0.15, 0.2) is 34.9 Å².